The Morgan fingerprint density at radius 3 is 2.69 bits per heavy atom. The third kappa shape index (κ3) is 2.20. The minimum atomic E-state index is -0.219. The standard InChI is InChI=1S/C11H13N3OS/c1-7-5-8(6-16-7)11(12)9-3-4-10(15-2)14-13-9/h3-6,11H,12H2,1-2H3. The lowest BCUT2D eigenvalue weighted by molar-refractivity contribution is 0.390. The first-order valence-corrected chi connectivity index (χ1v) is 5.77. The van der Waals surface area contributed by atoms with E-state index in [1.165, 1.54) is 4.88 Å². The molecule has 0 aliphatic rings. The third-order valence-electron chi connectivity index (χ3n) is 2.30. The van der Waals surface area contributed by atoms with Gasteiger partial charge in [-0.3, -0.25) is 0 Å². The second-order valence-electron chi connectivity index (χ2n) is 3.47. The maximum Gasteiger partial charge on any atom is 0.233 e. The van der Waals surface area contributed by atoms with Crippen LogP contribution in [-0.2, 0) is 0 Å². The van der Waals surface area contributed by atoms with Crippen molar-refractivity contribution in [1.82, 2.24) is 10.2 Å². The van der Waals surface area contributed by atoms with Crippen LogP contribution in [0.3, 0.4) is 0 Å². The van der Waals surface area contributed by atoms with Crippen LogP contribution in [0.2, 0.25) is 0 Å². The summed E-state index contributed by atoms with van der Waals surface area (Å²) in [5.74, 6) is 0.498. The largest absolute Gasteiger partial charge is 0.480 e. The molecule has 0 saturated heterocycles. The van der Waals surface area contributed by atoms with Crippen molar-refractivity contribution in [2.75, 3.05) is 7.11 Å². The molecule has 0 aromatic carbocycles. The summed E-state index contributed by atoms with van der Waals surface area (Å²) in [6.45, 7) is 2.06. The van der Waals surface area contributed by atoms with Gasteiger partial charge in [0.2, 0.25) is 5.88 Å². The predicted octanol–water partition coefficient (Wildman–Crippen LogP) is 1.90. The molecule has 5 heteroatoms. The summed E-state index contributed by atoms with van der Waals surface area (Å²) in [6.07, 6.45) is 0. The van der Waals surface area contributed by atoms with Gasteiger partial charge in [-0.05, 0) is 30.0 Å². The molecule has 2 rings (SSSR count). The Kier molecular flexibility index (Phi) is 3.17. The van der Waals surface area contributed by atoms with E-state index in [4.69, 9.17) is 10.5 Å². The van der Waals surface area contributed by atoms with Crippen molar-refractivity contribution >= 4 is 11.3 Å². The van der Waals surface area contributed by atoms with Crippen molar-refractivity contribution in [1.29, 1.82) is 0 Å². The van der Waals surface area contributed by atoms with Gasteiger partial charge >= 0.3 is 0 Å². The summed E-state index contributed by atoms with van der Waals surface area (Å²) < 4.78 is 4.95. The van der Waals surface area contributed by atoms with Crippen molar-refractivity contribution < 1.29 is 4.74 Å². The molecular formula is C11H13N3OS. The summed E-state index contributed by atoms with van der Waals surface area (Å²) in [4.78, 5) is 1.24. The Labute approximate surface area is 98.1 Å². The maximum atomic E-state index is 6.08. The van der Waals surface area contributed by atoms with Gasteiger partial charge in [0.05, 0.1) is 18.8 Å². The van der Waals surface area contributed by atoms with Crippen LogP contribution >= 0.6 is 11.3 Å². The monoisotopic (exact) mass is 235 g/mol. The Morgan fingerprint density at radius 2 is 2.19 bits per heavy atom. The smallest absolute Gasteiger partial charge is 0.233 e. The molecule has 1 unspecified atom stereocenters. The van der Waals surface area contributed by atoms with Crippen LogP contribution in [0.15, 0.2) is 23.6 Å². The highest BCUT2D eigenvalue weighted by molar-refractivity contribution is 7.10. The van der Waals surface area contributed by atoms with E-state index in [1.807, 2.05) is 11.4 Å². The van der Waals surface area contributed by atoms with Crippen molar-refractivity contribution in [3.8, 4) is 5.88 Å². The van der Waals surface area contributed by atoms with Gasteiger partial charge in [-0.2, -0.15) is 0 Å². The fourth-order valence-electron chi connectivity index (χ4n) is 1.40. The molecule has 2 aromatic rings. The van der Waals surface area contributed by atoms with Crippen LogP contribution in [-0.4, -0.2) is 17.3 Å². The summed E-state index contributed by atoms with van der Waals surface area (Å²) in [5, 5.41) is 9.99. The van der Waals surface area contributed by atoms with Gasteiger partial charge < -0.3 is 10.5 Å². The second-order valence-corrected chi connectivity index (χ2v) is 4.58. The maximum absolute atomic E-state index is 6.08. The van der Waals surface area contributed by atoms with Crippen LogP contribution in [0.5, 0.6) is 5.88 Å². The van der Waals surface area contributed by atoms with E-state index in [-0.39, 0.29) is 6.04 Å². The van der Waals surface area contributed by atoms with Gasteiger partial charge in [0.1, 0.15) is 0 Å². The lowest BCUT2D eigenvalue weighted by Crippen LogP contribution is -2.13. The van der Waals surface area contributed by atoms with Gasteiger partial charge in [-0.15, -0.1) is 21.5 Å². The summed E-state index contributed by atoms with van der Waals surface area (Å²) in [6, 6.07) is 5.45. The van der Waals surface area contributed by atoms with Gasteiger partial charge in [-0.25, -0.2) is 0 Å². The first kappa shape index (κ1) is 11.0. The zero-order valence-corrected chi connectivity index (χ0v) is 9.99. The van der Waals surface area contributed by atoms with Gasteiger partial charge in [-0.1, -0.05) is 0 Å². The number of hydrogen-bond acceptors (Lipinski definition) is 5. The fraction of sp³-hybridized carbons (Fsp3) is 0.273. The van der Waals surface area contributed by atoms with E-state index in [0.29, 0.717) is 5.88 Å². The van der Waals surface area contributed by atoms with Crippen molar-refractivity contribution in [2.24, 2.45) is 5.73 Å². The molecule has 2 aromatic heterocycles. The number of thiophene rings is 1. The molecule has 1 atom stereocenters. The van der Waals surface area contributed by atoms with Crippen molar-refractivity contribution in [2.45, 2.75) is 13.0 Å². The van der Waals surface area contributed by atoms with E-state index >= 15 is 0 Å². The number of hydrogen-bond donors (Lipinski definition) is 1. The quantitative estimate of drug-likeness (QED) is 0.882. The fourth-order valence-corrected chi connectivity index (χ4v) is 2.14. The van der Waals surface area contributed by atoms with E-state index in [2.05, 4.69) is 23.2 Å². The molecule has 0 radical (unpaired) electrons. The summed E-state index contributed by atoms with van der Waals surface area (Å²) in [5.41, 5.74) is 7.90. The summed E-state index contributed by atoms with van der Waals surface area (Å²) >= 11 is 1.68. The number of methoxy groups -OCH3 is 1. The first-order valence-electron chi connectivity index (χ1n) is 4.89. The molecule has 84 valence electrons. The minimum absolute atomic E-state index is 0.219. The Bertz CT molecular complexity index is 466. The topological polar surface area (TPSA) is 61.0 Å². The molecular weight excluding hydrogens is 222 g/mol. The molecule has 0 amide bonds. The lowest BCUT2D eigenvalue weighted by Gasteiger charge is -2.08. The average molecular weight is 235 g/mol. The van der Waals surface area contributed by atoms with Gasteiger partial charge in [0.15, 0.2) is 0 Å². The molecule has 0 fully saturated rings. The predicted molar refractivity (Wildman–Crippen MR) is 63.7 cm³/mol. The van der Waals surface area contributed by atoms with Crippen LogP contribution in [0.4, 0.5) is 0 Å². The molecule has 2 N–H and O–H groups in total. The molecule has 0 aliphatic heterocycles. The van der Waals surface area contributed by atoms with Crippen molar-refractivity contribution in [3.63, 3.8) is 0 Å². The average Bonchev–Trinajstić information content (AvgIpc) is 2.75. The SMILES string of the molecule is COc1ccc(C(N)c2csc(C)c2)nn1. The van der Waals surface area contributed by atoms with Crippen LogP contribution in [0, 0.1) is 6.92 Å². The van der Waals surface area contributed by atoms with Gasteiger partial charge in [0, 0.05) is 10.9 Å². The van der Waals surface area contributed by atoms with E-state index in [9.17, 15) is 0 Å². The number of rotatable bonds is 3. The lowest BCUT2D eigenvalue weighted by atomic mass is 10.1. The minimum Gasteiger partial charge on any atom is -0.480 e. The second kappa shape index (κ2) is 4.59. The molecule has 0 spiro atoms. The number of ether oxygens (including phenoxy) is 1. The third-order valence-corrected chi connectivity index (χ3v) is 3.18. The Hall–Kier alpha value is -1.46. The van der Waals surface area contributed by atoms with E-state index in [0.717, 1.165) is 11.3 Å². The number of aromatic nitrogens is 2. The zero-order valence-electron chi connectivity index (χ0n) is 9.18. The van der Waals surface area contributed by atoms with E-state index in [1.54, 1.807) is 24.5 Å². The van der Waals surface area contributed by atoms with Crippen LogP contribution in [0.25, 0.3) is 0 Å². The molecule has 2 heterocycles. The normalized spacial score (nSPS) is 12.4. The van der Waals surface area contributed by atoms with E-state index < -0.39 is 0 Å². The molecule has 4 nitrogen and oxygen atoms in total. The molecule has 0 bridgehead atoms. The first-order chi connectivity index (χ1) is 7.70. The summed E-state index contributed by atoms with van der Waals surface area (Å²) in [7, 11) is 1.56. The van der Waals surface area contributed by atoms with Crippen LogP contribution in [0.1, 0.15) is 22.2 Å². The molecule has 0 aliphatic carbocycles. The van der Waals surface area contributed by atoms with Crippen LogP contribution < -0.4 is 10.5 Å². The number of nitrogens with two attached hydrogens (primary N) is 1. The number of nitrogens with zero attached hydrogens (tertiary/aromatic N) is 2. The Balaban J connectivity index is 2.23. The van der Waals surface area contributed by atoms with Crippen molar-refractivity contribution in [3.05, 3.63) is 39.7 Å². The highest BCUT2D eigenvalue weighted by atomic mass is 32.1. The molecule has 16 heavy (non-hydrogen) atoms. The number of aryl methyl sites for hydroxylation is 1. The Morgan fingerprint density at radius 1 is 1.38 bits per heavy atom. The highest BCUT2D eigenvalue weighted by Crippen LogP contribution is 2.23. The highest BCUT2D eigenvalue weighted by Gasteiger charge is 2.12. The molecule has 0 saturated carbocycles. The van der Waals surface area contributed by atoms with Gasteiger partial charge in [0.25, 0.3) is 0 Å². The zero-order chi connectivity index (χ0) is 11.5.